The number of aryl methyl sites for hydroxylation is 1. The van der Waals surface area contributed by atoms with E-state index in [0.29, 0.717) is 41.5 Å². The van der Waals surface area contributed by atoms with E-state index in [1.54, 1.807) is 40.5 Å². The lowest BCUT2D eigenvalue weighted by Crippen LogP contribution is -2.36. The Kier molecular flexibility index (Phi) is 6.26. The Hall–Kier alpha value is -2.48. The molecule has 0 bridgehead atoms. The second-order valence-corrected chi connectivity index (χ2v) is 11.8. The number of aliphatic hydroxyl groups is 1. The third kappa shape index (κ3) is 4.31. The molecule has 1 atom stereocenters. The second-order valence-electron chi connectivity index (χ2n) is 10.5. The van der Waals surface area contributed by atoms with Gasteiger partial charge < -0.3 is 15.0 Å². The number of carbonyl (C=O) groups is 1. The largest absolute Gasteiger partial charge is 0.378 e. The van der Waals surface area contributed by atoms with Crippen LogP contribution in [0.5, 0.6) is 0 Å². The fraction of sp³-hybridized carbons (Fsp3) is 0.464. The molecule has 3 aliphatic rings. The van der Waals surface area contributed by atoms with Crippen molar-refractivity contribution in [2.24, 2.45) is 0 Å². The number of aromatic amines is 1. The number of hydrogen-bond acceptors (Lipinski definition) is 5. The highest BCUT2D eigenvalue weighted by Gasteiger charge is 2.50. The quantitative estimate of drug-likeness (QED) is 0.479. The van der Waals surface area contributed by atoms with Gasteiger partial charge in [0.25, 0.3) is 11.5 Å². The number of nitrogens with zero attached hydrogens (tertiary/aromatic N) is 2. The maximum Gasteiger partial charge on any atom is 0.256 e. The highest BCUT2D eigenvalue weighted by molar-refractivity contribution is 7.10. The second kappa shape index (κ2) is 9.43. The van der Waals surface area contributed by atoms with E-state index in [4.69, 9.17) is 16.6 Å². The van der Waals surface area contributed by atoms with E-state index in [2.05, 4.69) is 16.4 Å². The van der Waals surface area contributed by atoms with Gasteiger partial charge in [-0.15, -0.1) is 11.3 Å². The standard InChI is InChI=1S/C28H30ClN3O3S/c29-20-8-3-7-18(13-20)24(33)26(35)32-12-4-9-22-21(15-32)25(34)31-27(30-22)28(10-11-28)23-14-19(16-36-23)17-5-1-2-6-17/h3,7-8,13-14,16-17,24,33H,1-2,4-6,9-12,15H2,(H,30,31,34)/t24-/m1/s1. The molecule has 36 heavy (non-hydrogen) atoms. The first-order valence-electron chi connectivity index (χ1n) is 12.9. The number of benzene rings is 1. The number of fused-ring (bicyclic) bond motifs is 1. The lowest BCUT2D eigenvalue weighted by molar-refractivity contribution is -0.141. The van der Waals surface area contributed by atoms with Crippen LogP contribution < -0.4 is 5.56 Å². The van der Waals surface area contributed by atoms with Crippen LogP contribution in [0.15, 0.2) is 40.5 Å². The van der Waals surface area contributed by atoms with Gasteiger partial charge in [-0.1, -0.05) is 36.6 Å². The molecule has 2 aliphatic carbocycles. The molecule has 2 saturated carbocycles. The van der Waals surface area contributed by atoms with Crippen LogP contribution >= 0.6 is 22.9 Å². The van der Waals surface area contributed by atoms with Crippen LogP contribution in [0.1, 0.15) is 90.1 Å². The van der Waals surface area contributed by atoms with Crippen molar-refractivity contribution in [2.45, 2.75) is 75.3 Å². The van der Waals surface area contributed by atoms with E-state index in [9.17, 15) is 14.7 Å². The van der Waals surface area contributed by atoms with Gasteiger partial charge in [0.2, 0.25) is 0 Å². The Morgan fingerprint density at radius 2 is 2.03 bits per heavy atom. The number of halogens is 1. The number of hydrogen-bond donors (Lipinski definition) is 2. The number of amides is 1. The number of nitrogens with one attached hydrogen (secondary N) is 1. The summed E-state index contributed by atoms with van der Waals surface area (Å²) in [6.07, 6.45) is 7.18. The molecule has 8 heteroatoms. The average Bonchev–Trinajstić information content (AvgIpc) is 3.30. The molecule has 0 radical (unpaired) electrons. The van der Waals surface area contributed by atoms with E-state index in [-0.39, 0.29) is 17.5 Å². The summed E-state index contributed by atoms with van der Waals surface area (Å²) in [5, 5.41) is 13.5. The Balaban J connectivity index is 1.25. The molecule has 188 valence electrons. The molecular formula is C28H30ClN3O3S. The van der Waals surface area contributed by atoms with Crippen LogP contribution in [0.25, 0.3) is 0 Å². The topological polar surface area (TPSA) is 86.3 Å². The summed E-state index contributed by atoms with van der Waals surface area (Å²) in [5.41, 5.74) is 2.84. The van der Waals surface area contributed by atoms with E-state index >= 15 is 0 Å². The van der Waals surface area contributed by atoms with Crippen LogP contribution in [0.2, 0.25) is 5.02 Å². The zero-order chi connectivity index (χ0) is 24.9. The Bertz CT molecular complexity index is 1360. The smallest absolute Gasteiger partial charge is 0.256 e. The minimum absolute atomic E-state index is 0.145. The highest BCUT2D eigenvalue weighted by Crippen LogP contribution is 2.54. The van der Waals surface area contributed by atoms with E-state index in [0.717, 1.165) is 24.4 Å². The number of carbonyl (C=O) groups excluding carboxylic acids is 1. The summed E-state index contributed by atoms with van der Waals surface area (Å²) in [6, 6.07) is 9.04. The summed E-state index contributed by atoms with van der Waals surface area (Å²) in [5.74, 6) is 1.02. The van der Waals surface area contributed by atoms with Crippen molar-refractivity contribution in [2.75, 3.05) is 6.54 Å². The van der Waals surface area contributed by atoms with Crippen molar-refractivity contribution in [3.8, 4) is 0 Å². The van der Waals surface area contributed by atoms with Crippen molar-refractivity contribution >= 4 is 28.8 Å². The van der Waals surface area contributed by atoms with Crippen LogP contribution in [-0.2, 0) is 23.2 Å². The molecule has 6 nitrogen and oxygen atoms in total. The molecule has 2 aromatic heterocycles. The third-order valence-electron chi connectivity index (χ3n) is 8.12. The molecule has 1 aliphatic heterocycles. The predicted molar refractivity (Wildman–Crippen MR) is 141 cm³/mol. The van der Waals surface area contributed by atoms with E-state index in [1.807, 2.05) is 0 Å². The van der Waals surface area contributed by atoms with Crippen LogP contribution in [0.3, 0.4) is 0 Å². The van der Waals surface area contributed by atoms with E-state index in [1.165, 1.54) is 36.1 Å². The van der Waals surface area contributed by atoms with Gasteiger partial charge in [0.15, 0.2) is 6.10 Å². The van der Waals surface area contributed by atoms with E-state index < -0.39 is 12.0 Å². The Morgan fingerprint density at radius 3 is 2.78 bits per heavy atom. The van der Waals surface area contributed by atoms with Gasteiger partial charge >= 0.3 is 0 Å². The van der Waals surface area contributed by atoms with Gasteiger partial charge in [-0.05, 0) is 79.1 Å². The summed E-state index contributed by atoms with van der Waals surface area (Å²) in [6.45, 7) is 0.606. The number of rotatable bonds is 5. The molecule has 1 amide bonds. The first-order valence-corrected chi connectivity index (χ1v) is 14.1. The molecule has 3 aromatic rings. The summed E-state index contributed by atoms with van der Waals surface area (Å²) in [4.78, 5) is 37.4. The first kappa shape index (κ1) is 23.9. The Morgan fingerprint density at radius 1 is 1.22 bits per heavy atom. The number of thiophene rings is 1. The molecule has 0 spiro atoms. The maximum atomic E-state index is 13.3. The van der Waals surface area contributed by atoms with Gasteiger partial charge in [-0.2, -0.15) is 0 Å². The van der Waals surface area contributed by atoms with Crippen molar-refractivity contribution in [1.82, 2.24) is 14.9 Å². The SMILES string of the molecule is O=C([C@H](O)c1cccc(Cl)c1)N1CCCc2nc(C3(c4cc(C5CCCC5)cs4)CC3)[nH]c(=O)c2C1. The van der Waals surface area contributed by atoms with Crippen LogP contribution in [0.4, 0.5) is 0 Å². The third-order valence-corrected chi connectivity index (χ3v) is 9.51. The van der Waals surface area contributed by atoms with Gasteiger partial charge in [0, 0.05) is 16.4 Å². The summed E-state index contributed by atoms with van der Waals surface area (Å²) < 4.78 is 0. The molecule has 6 rings (SSSR count). The maximum absolute atomic E-state index is 13.3. The zero-order valence-corrected chi connectivity index (χ0v) is 21.7. The fourth-order valence-electron chi connectivity index (χ4n) is 5.83. The molecule has 3 heterocycles. The summed E-state index contributed by atoms with van der Waals surface area (Å²) >= 11 is 7.84. The monoisotopic (exact) mass is 523 g/mol. The molecular weight excluding hydrogens is 494 g/mol. The number of aromatic nitrogens is 2. The lowest BCUT2D eigenvalue weighted by Gasteiger charge is -2.24. The van der Waals surface area contributed by atoms with Gasteiger partial charge in [0.05, 0.1) is 23.2 Å². The first-order chi connectivity index (χ1) is 17.4. The average molecular weight is 524 g/mol. The molecule has 2 fully saturated rings. The predicted octanol–water partition coefficient (Wildman–Crippen LogP) is 5.23. The van der Waals surface area contributed by atoms with Gasteiger partial charge in [0.1, 0.15) is 5.82 Å². The van der Waals surface area contributed by atoms with Crippen molar-refractivity contribution in [3.63, 3.8) is 0 Å². The van der Waals surface area contributed by atoms with Crippen molar-refractivity contribution in [3.05, 3.63) is 84.2 Å². The van der Waals surface area contributed by atoms with Gasteiger partial charge in [-0.3, -0.25) is 9.59 Å². The minimum atomic E-state index is -1.32. The Labute approximate surface area is 219 Å². The van der Waals surface area contributed by atoms with Crippen molar-refractivity contribution < 1.29 is 9.90 Å². The normalized spacial score (nSPS) is 20.1. The van der Waals surface area contributed by atoms with Crippen LogP contribution in [0, 0.1) is 0 Å². The zero-order valence-electron chi connectivity index (χ0n) is 20.1. The molecule has 0 saturated heterocycles. The number of aliphatic hydroxyl groups excluding tert-OH is 1. The molecule has 2 N–H and O–H groups in total. The van der Waals surface area contributed by atoms with Crippen molar-refractivity contribution in [1.29, 1.82) is 0 Å². The van der Waals surface area contributed by atoms with Gasteiger partial charge in [-0.25, -0.2) is 4.98 Å². The number of H-pyrrole nitrogens is 1. The molecule has 0 unspecified atom stereocenters. The minimum Gasteiger partial charge on any atom is -0.378 e. The lowest BCUT2D eigenvalue weighted by atomic mass is 9.97. The summed E-state index contributed by atoms with van der Waals surface area (Å²) in [7, 11) is 0. The highest BCUT2D eigenvalue weighted by atomic mass is 35.5. The van der Waals surface area contributed by atoms with Crippen LogP contribution in [-0.4, -0.2) is 32.4 Å². The fourth-order valence-corrected chi connectivity index (χ4v) is 7.28. The molecule has 1 aromatic carbocycles.